The average Bonchev–Trinajstić information content (AvgIpc) is 2.91. The monoisotopic (exact) mass is 536 g/mol. The summed E-state index contributed by atoms with van der Waals surface area (Å²) in [6.45, 7) is 9.81. The zero-order chi connectivity index (χ0) is 27.4. The maximum atomic E-state index is 15.6. The number of hydrogen-bond acceptors (Lipinski definition) is 8. The van der Waals surface area contributed by atoms with Gasteiger partial charge in [0, 0.05) is 66.4 Å². The van der Waals surface area contributed by atoms with Crippen molar-refractivity contribution in [1.82, 2.24) is 14.9 Å². The third-order valence-electron chi connectivity index (χ3n) is 8.27. The zero-order valence-electron chi connectivity index (χ0n) is 22.3. The molecule has 0 saturated carbocycles. The standard InChI is InChI=1S/C28H33FN6O4/c1-14(2)34-10-17-12-38-13-18(11-34)26(17)35(28(36)37)22-7-16-6-19(23(29)24(30)21(16)9-32-22)20-8-33-27-25(15(20)3)31-4-5-39-27/h6-9,14,17-18,26,31H,4-5,10-13,30H2,1-3H3,(H,36,37). The summed E-state index contributed by atoms with van der Waals surface area (Å²) in [7, 11) is 0. The first kappa shape index (κ1) is 25.6. The number of rotatable bonds is 4. The van der Waals surface area contributed by atoms with Gasteiger partial charge in [0.15, 0.2) is 5.82 Å². The maximum absolute atomic E-state index is 15.6. The molecule has 11 heteroatoms. The molecule has 4 N–H and O–H groups in total. The van der Waals surface area contributed by atoms with E-state index < -0.39 is 11.9 Å². The number of benzene rings is 1. The first-order valence-corrected chi connectivity index (χ1v) is 13.3. The molecule has 2 fully saturated rings. The van der Waals surface area contributed by atoms with Crippen LogP contribution in [0.1, 0.15) is 19.4 Å². The summed E-state index contributed by atoms with van der Waals surface area (Å²) < 4.78 is 27.1. The van der Waals surface area contributed by atoms with E-state index in [-0.39, 0.29) is 29.1 Å². The molecule has 0 spiro atoms. The molecule has 10 nitrogen and oxygen atoms in total. The van der Waals surface area contributed by atoms with Crippen molar-refractivity contribution >= 4 is 34.1 Å². The Hall–Kier alpha value is -3.70. The lowest BCUT2D eigenvalue weighted by molar-refractivity contribution is -0.0626. The van der Waals surface area contributed by atoms with Gasteiger partial charge in [-0.3, -0.25) is 4.90 Å². The van der Waals surface area contributed by atoms with Crippen LogP contribution >= 0.6 is 0 Å². The van der Waals surface area contributed by atoms with E-state index in [1.807, 2.05) is 6.92 Å². The SMILES string of the molecule is Cc1c(-c2cc3cc(N(C(=O)O)C4C5COCC4CN(C(C)C)C5)ncc3c(N)c2F)cnc2c1NCCO2. The summed E-state index contributed by atoms with van der Waals surface area (Å²) >= 11 is 0. The Morgan fingerprint density at radius 1 is 1.21 bits per heavy atom. The van der Waals surface area contributed by atoms with Gasteiger partial charge in [-0.1, -0.05) is 0 Å². The van der Waals surface area contributed by atoms with E-state index in [0.717, 1.165) is 24.3 Å². The van der Waals surface area contributed by atoms with Crippen molar-refractivity contribution in [2.24, 2.45) is 11.8 Å². The van der Waals surface area contributed by atoms with Gasteiger partial charge in [-0.05, 0) is 43.9 Å². The number of nitrogens with two attached hydrogens (primary N) is 1. The van der Waals surface area contributed by atoms with Crippen LogP contribution in [-0.4, -0.2) is 77.6 Å². The molecule has 1 amide bonds. The predicted octanol–water partition coefficient (Wildman–Crippen LogP) is 3.97. The molecule has 2 bridgehead atoms. The first-order valence-electron chi connectivity index (χ1n) is 13.3. The Labute approximate surface area is 225 Å². The molecule has 2 saturated heterocycles. The molecule has 3 aromatic rings. The largest absolute Gasteiger partial charge is 0.474 e. The van der Waals surface area contributed by atoms with Gasteiger partial charge in [0.1, 0.15) is 18.1 Å². The number of anilines is 3. The van der Waals surface area contributed by atoms with E-state index in [1.54, 1.807) is 18.3 Å². The fourth-order valence-corrected chi connectivity index (χ4v) is 6.28. The van der Waals surface area contributed by atoms with E-state index in [0.29, 0.717) is 60.4 Å². The van der Waals surface area contributed by atoms with E-state index in [2.05, 4.69) is 34.0 Å². The van der Waals surface area contributed by atoms with Gasteiger partial charge in [0.2, 0.25) is 5.88 Å². The van der Waals surface area contributed by atoms with Gasteiger partial charge < -0.3 is 30.5 Å². The highest BCUT2D eigenvalue weighted by molar-refractivity contribution is 6.00. The highest BCUT2D eigenvalue weighted by Crippen LogP contribution is 2.41. The normalized spacial score (nSPS) is 22.7. The number of ether oxygens (including phenoxy) is 2. The van der Waals surface area contributed by atoms with Crippen LogP contribution in [0.2, 0.25) is 0 Å². The Bertz CT molecular complexity index is 1440. The van der Waals surface area contributed by atoms with Gasteiger partial charge in [0.25, 0.3) is 0 Å². The van der Waals surface area contributed by atoms with Crippen LogP contribution in [0.4, 0.5) is 26.4 Å². The van der Waals surface area contributed by atoms with Crippen molar-refractivity contribution in [2.75, 3.05) is 55.4 Å². The van der Waals surface area contributed by atoms with Gasteiger partial charge in [-0.15, -0.1) is 0 Å². The first-order chi connectivity index (χ1) is 18.7. The summed E-state index contributed by atoms with van der Waals surface area (Å²) in [4.78, 5) is 25.3. The van der Waals surface area contributed by atoms with Crippen LogP contribution in [0, 0.1) is 24.6 Å². The summed E-state index contributed by atoms with van der Waals surface area (Å²) in [5.74, 6) is 0.240. The van der Waals surface area contributed by atoms with Crippen LogP contribution in [-0.2, 0) is 4.74 Å². The Morgan fingerprint density at radius 3 is 2.64 bits per heavy atom. The van der Waals surface area contributed by atoms with E-state index >= 15 is 4.39 Å². The number of piperidine rings is 1. The second kappa shape index (κ2) is 9.80. The molecule has 6 rings (SSSR count). The molecule has 3 aliphatic rings. The average molecular weight is 537 g/mol. The summed E-state index contributed by atoms with van der Waals surface area (Å²) in [5.41, 5.74) is 8.61. The highest BCUT2D eigenvalue weighted by atomic mass is 19.1. The van der Waals surface area contributed by atoms with Crippen molar-refractivity contribution in [3.8, 4) is 17.0 Å². The van der Waals surface area contributed by atoms with E-state index in [1.165, 1.54) is 11.1 Å². The van der Waals surface area contributed by atoms with Crippen molar-refractivity contribution in [3.63, 3.8) is 0 Å². The van der Waals surface area contributed by atoms with Crippen LogP contribution in [0.15, 0.2) is 24.5 Å². The van der Waals surface area contributed by atoms with E-state index in [9.17, 15) is 9.90 Å². The number of carboxylic acid groups (broad SMARTS) is 1. The molecule has 3 aliphatic heterocycles. The molecule has 2 atom stereocenters. The molecule has 39 heavy (non-hydrogen) atoms. The predicted molar refractivity (Wildman–Crippen MR) is 147 cm³/mol. The lowest BCUT2D eigenvalue weighted by Crippen LogP contribution is -2.63. The number of likely N-dealkylation sites (tertiary alicyclic amines) is 1. The molecule has 1 aromatic carbocycles. The number of nitrogen functional groups attached to an aromatic ring is 1. The van der Waals surface area contributed by atoms with Crippen molar-refractivity contribution in [2.45, 2.75) is 32.9 Å². The molecule has 0 radical (unpaired) electrons. The molecular weight excluding hydrogens is 503 g/mol. The number of pyridine rings is 2. The lowest BCUT2D eigenvalue weighted by atomic mass is 9.80. The topological polar surface area (TPSA) is 126 Å². The van der Waals surface area contributed by atoms with Gasteiger partial charge in [-0.2, -0.15) is 0 Å². The lowest BCUT2D eigenvalue weighted by Gasteiger charge is -2.50. The summed E-state index contributed by atoms with van der Waals surface area (Å²) in [6, 6.07) is 3.48. The van der Waals surface area contributed by atoms with Crippen LogP contribution < -0.4 is 20.7 Å². The van der Waals surface area contributed by atoms with E-state index in [4.69, 9.17) is 15.2 Å². The zero-order valence-corrected chi connectivity index (χ0v) is 22.3. The number of nitrogens with one attached hydrogen (secondary N) is 1. The number of amides is 1. The van der Waals surface area contributed by atoms with Gasteiger partial charge in [0.05, 0.1) is 24.9 Å². The van der Waals surface area contributed by atoms with Crippen molar-refractivity contribution in [1.29, 1.82) is 0 Å². The Balaban J connectivity index is 1.43. The maximum Gasteiger partial charge on any atom is 0.413 e. The number of fused-ring (bicyclic) bond motifs is 4. The number of aromatic nitrogens is 2. The second-order valence-corrected chi connectivity index (χ2v) is 10.9. The van der Waals surface area contributed by atoms with Crippen LogP contribution in [0.25, 0.3) is 21.9 Å². The highest BCUT2D eigenvalue weighted by Gasteiger charge is 2.46. The molecule has 0 aliphatic carbocycles. The summed E-state index contributed by atoms with van der Waals surface area (Å²) in [6.07, 6.45) is 1.98. The quantitative estimate of drug-likeness (QED) is 0.425. The third kappa shape index (κ3) is 4.29. The fourth-order valence-electron chi connectivity index (χ4n) is 6.28. The number of hydrogen-bond donors (Lipinski definition) is 3. The molecular formula is C28H33FN6O4. The Kier molecular flexibility index (Phi) is 6.43. The van der Waals surface area contributed by atoms with Crippen molar-refractivity contribution < 1.29 is 23.8 Å². The molecule has 2 unspecified atom stereocenters. The Morgan fingerprint density at radius 2 is 1.95 bits per heavy atom. The van der Waals surface area contributed by atoms with Crippen LogP contribution in [0.3, 0.4) is 0 Å². The van der Waals surface area contributed by atoms with Crippen LogP contribution in [0.5, 0.6) is 5.88 Å². The minimum Gasteiger partial charge on any atom is -0.474 e. The number of nitrogens with zero attached hydrogens (tertiary/aromatic N) is 4. The molecule has 206 valence electrons. The fraction of sp³-hybridized carbons (Fsp3) is 0.464. The minimum atomic E-state index is -1.07. The second-order valence-electron chi connectivity index (χ2n) is 10.9. The van der Waals surface area contributed by atoms with Gasteiger partial charge >= 0.3 is 6.09 Å². The minimum absolute atomic E-state index is 0.0151. The smallest absolute Gasteiger partial charge is 0.413 e. The number of halogens is 1. The molecule has 2 aromatic heterocycles. The summed E-state index contributed by atoms with van der Waals surface area (Å²) in [5, 5.41) is 14.7. The third-order valence-corrected chi connectivity index (χ3v) is 8.27. The van der Waals surface area contributed by atoms with Crippen molar-refractivity contribution in [3.05, 3.63) is 35.9 Å². The van der Waals surface area contributed by atoms with Gasteiger partial charge in [-0.25, -0.2) is 19.2 Å². The number of carbonyl (C=O) groups is 1. The molecule has 5 heterocycles.